The summed E-state index contributed by atoms with van der Waals surface area (Å²) >= 11 is 17.3. The van der Waals surface area contributed by atoms with Gasteiger partial charge in [-0.25, -0.2) is 4.98 Å². The molecule has 0 aliphatic carbocycles. The van der Waals surface area contributed by atoms with Gasteiger partial charge in [-0.2, -0.15) is 17.6 Å². The third kappa shape index (κ3) is 3.00. The highest BCUT2D eigenvalue weighted by Gasteiger charge is 2.35. The fraction of sp³-hybridized carbons (Fsp3) is 0.0833. The van der Waals surface area contributed by atoms with Crippen molar-refractivity contribution < 1.29 is 17.6 Å². The number of aromatic nitrogens is 1. The van der Waals surface area contributed by atoms with Gasteiger partial charge in [0.05, 0.1) is 15.6 Å². The zero-order valence-electron chi connectivity index (χ0n) is 9.40. The molecule has 0 unspecified atom stereocenters. The number of hydrogen-bond acceptors (Lipinski definition) is 1. The highest BCUT2D eigenvalue weighted by molar-refractivity contribution is 6.44. The maximum absolute atomic E-state index is 13.2. The van der Waals surface area contributed by atoms with E-state index in [9.17, 15) is 17.6 Å². The second-order valence-electron chi connectivity index (χ2n) is 3.80. The van der Waals surface area contributed by atoms with E-state index in [0.29, 0.717) is 12.3 Å². The minimum Gasteiger partial charge on any atom is -0.228 e. The van der Waals surface area contributed by atoms with Gasteiger partial charge in [0.1, 0.15) is 0 Å². The first-order chi connectivity index (χ1) is 9.20. The van der Waals surface area contributed by atoms with Crippen molar-refractivity contribution in [3.05, 3.63) is 51.0 Å². The molecule has 0 aliphatic rings. The highest BCUT2D eigenvalue weighted by Crippen LogP contribution is 2.41. The molecule has 0 saturated carbocycles. The average Bonchev–Trinajstić information content (AvgIpc) is 2.32. The van der Waals surface area contributed by atoms with Crippen LogP contribution in [0.15, 0.2) is 24.4 Å². The van der Waals surface area contributed by atoms with Crippen LogP contribution in [0.2, 0.25) is 15.1 Å². The van der Waals surface area contributed by atoms with Gasteiger partial charge in [-0.1, -0.05) is 34.8 Å². The van der Waals surface area contributed by atoms with Gasteiger partial charge in [0.2, 0.25) is 5.95 Å². The molecule has 0 bridgehead atoms. The van der Waals surface area contributed by atoms with E-state index in [-0.39, 0.29) is 20.6 Å². The van der Waals surface area contributed by atoms with Crippen molar-refractivity contribution in [2.45, 2.75) is 6.18 Å². The zero-order chi connectivity index (χ0) is 15.1. The molecule has 1 aromatic heterocycles. The maximum Gasteiger partial charge on any atom is 0.418 e. The van der Waals surface area contributed by atoms with Crippen LogP contribution in [0.25, 0.3) is 11.1 Å². The van der Waals surface area contributed by atoms with E-state index in [2.05, 4.69) is 4.98 Å². The van der Waals surface area contributed by atoms with Gasteiger partial charge in [-0.15, -0.1) is 0 Å². The normalized spacial score (nSPS) is 11.8. The van der Waals surface area contributed by atoms with E-state index in [0.717, 1.165) is 6.07 Å². The molecule has 0 saturated heterocycles. The Hall–Kier alpha value is -1.04. The van der Waals surface area contributed by atoms with Gasteiger partial charge < -0.3 is 0 Å². The number of halogens is 7. The molecule has 0 atom stereocenters. The van der Waals surface area contributed by atoms with Crippen molar-refractivity contribution in [2.75, 3.05) is 0 Å². The molecule has 20 heavy (non-hydrogen) atoms. The monoisotopic (exact) mass is 343 g/mol. The van der Waals surface area contributed by atoms with Crippen LogP contribution in [0.1, 0.15) is 5.56 Å². The third-order valence-electron chi connectivity index (χ3n) is 2.48. The number of hydrogen-bond donors (Lipinski definition) is 0. The van der Waals surface area contributed by atoms with Crippen LogP contribution in [-0.2, 0) is 6.18 Å². The van der Waals surface area contributed by atoms with Crippen LogP contribution in [0.4, 0.5) is 17.6 Å². The van der Waals surface area contributed by atoms with Gasteiger partial charge in [-0.3, -0.25) is 0 Å². The lowest BCUT2D eigenvalue weighted by atomic mass is 10.0. The number of benzene rings is 1. The molecule has 1 aromatic carbocycles. The summed E-state index contributed by atoms with van der Waals surface area (Å²) < 4.78 is 51.9. The van der Waals surface area contributed by atoms with Crippen LogP contribution in [0.5, 0.6) is 0 Å². The molecule has 2 rings (SSSR count). The minimum absolute atomic E-state index is 0.0106. The van der Waals surface area contributed by atoms with E-state index in [1.165, 1.54) is 6.07 Å². The summed E-state index contributed by atoms with van der Waals surface area (Å²) in [6.45, 7) is 0. The maximum atomic E-state index is 13.2. The number of rotatable bonds is 1. The van der Waals surface area contributed by atoms with E-state index < -0.39 is 23.3 Å². The first-order valence-corrected chi connectivity index (χ1v) is 6.21. The van der Waals surface area contributed by atoms with Crippen LogP contribution >= 0.6 is 34.8 Å². The van der Waals surface area contributed by atoms with Crippen LogP contribution in [0, 0.1) is 5.95 Å². The van der Waals surface area contributed by atoms with Crippen LogP contribution in [-0.4, -0.2) is 4.98 Å². The van der Waals surface area contributed by atoms with Gasteiger partial charge >= 0.3 is 6.18 Å². The summed E-state index contributed by atoms with van der Waals surface area (Å²) in [6, 6.07) is 2.99. The highest BCUT2D eigenvalue weighted by atomic mass is 35.5. The van der Waals surface area contributed by atoms with Crippen LogP contribution < -0.4 is 0 Å². The lowest BCUT2D eigenvalue weighted by Crippen LogP contribution is -2.08. The summed E-state index contributed by atoms with van der Waals surface area (Å²) in [5.74, 6) is -1.06. The molecular weight excluding hydrogens is 340 g/mol. The SMILES string of the molecule is Fc1cc(-c2cc(Cl)c(Cl)cc2Cl)c(C(F)(F)F)cn1. The Balaban J connectivity index is 2.75. The van der Waals surface area contributed by atoms with Crippen molar-refractivity contribution in [1.29, 1.82) is 0 Å². The van der Waals surface area contributed by atoms with Crippen molar-refractivity contribution in [3.8, 4) is 11.1 Å². The first-order valence-electron chi connectivity index (χ1n) is 5.08. The average molecular weight is 345 g/mol. The summed E-state index contributed by atoms with van der Waals surface area (Å²) in [5.41, 5.74) is -1.64. The number of nitrogens with zero attached hydrogens (tertiary/aromatic N) is 1. The van der Waals surface area contributed by atoms with Crippen molar-refractivity contribution in [2.24, 2.45) is 0 Å². The van der Waals surface area contributed by atoms with E-state index in [4.69, 9.17) is 34.8 Å². The molecule has 1 heterocycles. The lowest BCUT2D eigenvalue weighted by molar-refractivity contribution is -0.137. The van der Waals surface area contributed by atoms with E-state index >= 15 is 0 Å². The van der Waals surface area contributed by atoms with Gasteiger partial charge in [0, 0.05) is 28.4 Å². The second kappa shape index (κ2) is 5.39. The van der Waals surface area contributed by atoms with Gasteiger partial charge in [-0.05, 0) is 12.1 Å². The predicted molar refractivity (Wildman–Crippen MR) is 69.7 cm³/mol. The molecule has 0 radical (unpaired) electrons. The summed E-state index contributed by atoms with van der Waals surface area (Å²) in [4.78, 5) is 3.01. The first kappa shape index (κ1) is 15.4. The fourth-order valence-electron chi connectivity index (χ4n) is 1.61. The number of pyridine rings is 1. The van der Waals surface area contributed by atoms with Gasteiger partial charge in [0.15, 0.2) is 0 Å². The molecule has 106 valence electrons. The Bertz CT molecular complexity index is 670. The van der Waals surface area contributed by atoms with Crippen molar-refractivity contribution in [3.63, 3.8) is 0 Å². The Kier molecular flexibility index (Phi) is 4.14. The topological polar surface area (TPSA) is 12.9 Å². The second-order valence-corrected chi connectivity index (χ2v) is 5.02. The zero-order valence-corrected chi connectivity index (χ0v) is 11.7. The van der Waals surface area contributed by atoms with E-state index in [1.54, 1.807) is 0 Å². The van der Waals surface area contributed by atoms with Crippen molar-refractivity contribution >= 4 is 34.8 Å². The molecule has 0 aliphatic heterocycles. The molecular formula is C12H4Cl3F4N. The quantitative estimate of drug-likeness (QED) is 0.358. The molecule has 0 spiro atoms. The summed E-state index contributed by atoms with van der Waals surface area (Å²) in [6.07, 6.45) is -4.30. The Labute approximate surface area is 126 Å². The smallest absolute Gasteiger partial charge is 0.228 e. The molecule has 8 heteroatoms. The standard InChI is InChI=1S/C12H4Cl3F4N/c13-8-3-10(15)9(14)1-6(8)5-2-11(16)20-4-7(5)12(17,18)19/h1-4H. The largest absolute Gasteiger partial charge is 0.418 e. The third-order valence-corrected chi connectivity index (χ3v) is 3.51. The summed E-state index contributed by atoms with van der Waals surface area (Å²) in [7, 11) is 0. The van der Waals surface area contributed by atoms with Crippen molar-refractivity contribution in [1.82, 2.24) is 4.98 Å². The Morgan fingerprint density at radius 2 is 1.45 bits per heavy atom. The molecule has 1 nitrogen and oxygen atoms in total. The predicted octanol–water partition coefficient (Wildman–Crippen LogP) is 5.87. The fourth-order valence-corrected chi connectivity index (χ4v) is 2.26. The molecule has 2 aromatic rings. The molecule has 0 fully saturated rings. The minimum atomic E-state index is -4.70. The van der Waals surface area contributed by atoms with Gasteiger partial charge in [0.25, 0.3) is 0 Å². The lowest BCUT2D eigenvalue weighted by Gasteiger charge is -2.14. The van der Waals surface area contributed by atoms with Crippen LogP contribution in [0.3, 0.4) is 0 Å². The van der Waals surface area contributed by atoms with E-state index in [1.807, 2.05) is 0 Å². The molecule has 0 amide bonds. The molecule has 0 N–H and O–H groups in total. The summed E-state index contributed by atoms with van der Waals surface area (Å²) in [5, 5.41) is 0.0235. The Morgan fingerprint density at radius 3 is 2.05 bits per heavy atom. The Morgan fingerprint density at radius 1 is 0.850 bits per heavy atom. The number of alkyl halides is 3.